The van der Waals surface area contributed by atoms with Crippen LogP contribution in [0.25, 0.3) is 0 Å². The van der Waals surface area contributed by atoms with E-state index in [0.717, 1.165) is 31.1 Å². The van der Waals surface area contributed by atoms with Gasteiger partial charge in [-0.15, -0.1) is 0 Å². The highest BCUT2D eigenvalue weighted by molar-refractivity contribution is 5.73. The van der Waals surface area contributed by atoms with Crippen molar-refractivity contribution >= 4 is 6.29 Å². The molecule has 0 saturated heterocycles. The lowest BCUT2D eigenvalue weighted by molar-refractivity contribution is -0.105. The Kier molecular flexibility index (Phi) is 1.90. The summed E-state index contributed by atoms with van der Waals surface area (Å²) in [4.78, 5) is 10.3. The summed E-state index contributed by atoms with van der Waals surface area (Å²) < 4.78 is 0. The summed E-state index contributed by atoms with van der Waals surface area (Å²) in [5.74, 6) is 0. The topological polar surface area (TPSA) is 37.3 Å². The highest BCUT2D eigenvalue weighted by atomic mass is 16.3. The van der Waals surface area contributed by atoms with Crippen LogP contribution in [0, 0.1) is 0 Å². The van der Waals surface area contributed by atoms with Crippen molar-refractivity contribution in [1.82, 2.24) is 0 Å². The number of carbonyl (C=O) groups excluding carboxylic acids is 1. The smallest absolute Gasteiger partial charge is 0.145 e. The van der Waals surface area contributed by atoms with Gasteiger partial charge in [-0.05, 0) is 37.8 Å². The molecule has 0 amide bonds. The number of hydrogen-bond acceptors (Lipinski definition) is 2. The second-order valence-electron chi connectivity index (χ2n) is 3.05. The summed E-state index contributed by atoms with van der Waals surface area (Å²) >= 11 is 0. The molecule has 0 aliphatic heterocycles. The van der Waals surface area contributed by atoms with E-state index in [1.54, 1.807) is 13.0 Å². The van der Waals surface area contributed by atoms with E-state index in [9.17, 15) is 9.90 Å². The summed E-state index contributed by atoms with van der Waals surface area (Å²) in [6.45, 7) is 1.73. The van der Waals surface area contributed by atoms with Gasteiger partial charge in [-0.1, -0.05) is 0 Å². The number of hydrogen-bond donors (Lipinski definition) is 1. The minimum Gasteiger partial charge on any atom is -0.386 e. The fourth-order valence-corrected chi connectivity index (χ4v) is 1.29. The van der Waals surface area contributed by atoms with Gasteiger partial charge < -0.3 is 5.11 Å². The van der Waals surface area contributed by atoms with Crippen LogP contribution in [0.3, 0.4) is 0 Å². The fourth-order valence-electron chi connectivity index (χ4n) is 1.29. The van der Waals surface area contributed by atoms with Gasteiger partial charge in [0.2, 0.25) is 0 Å². The molecular formula is C8H12O2. The lowest BCUT2D eigenvalue weighted by Crippen LogP contribution is -2.24. The Hall–Kier alpha value is -0.630. The maximum absolute atomic E-state index is 10.3. The number of carbonyl (C=O) groups is 1. The molecule has 0 bridgehead atoms. The Morgan fingerprint density at radius 2 is 2.50 bits per heavy atom. The van der Waals surface area contributed by atoms with Crippen LogP contribution in [0.15, 0.2) is 11.6 Å². The van der Waals surface area contributed by atoms with Gasteiger partial charge in [0.1, 0.15) is 6.29 Å². The summed E-state index contributed by atoms with van der Waals surface area (Å²) in [5.41, 5.74) is -0.00894. The maximum Gasteiger partial charge on any atom is 0.145 e. The van der Waals surface area contributed by atoms with Gasteiger partial charge in [0.05, 0.1) is 5.60 Å². The quantitative estimate of drug-likeness (QED) is 0.553. The summed E-state index contributed by atoms with van der Waals surface area (Å²) in [6, 6.07) is 0. The van der Waals surface area contributed by atoms with Crippen molar-refractivity contribution in [2.45, 2.75) is 31.8 Å². The van der Waals surface area contributed by atoms with E-state index in [1.807, 2.05) is 0 Å². The third-order valence-corrected chi connectivity index (χ3v) is 1.80. The molecule has 2 heteroatoms. The molecule has 10 heavy (non-hydrogen) atoms. The first-order valence-corrected chi connectivity index (χ1v) is 3.53. The second kappa shape index (κ2) is 2.54. The zero-order valence-electron chi connectivity index (χ0n) is 6.13. The van der Waals surface area contributed by atoms with Crippen molar-refractivity contribution in [1.29, 1.82) is 0 Å². The van der Waals surface area contributed by atoms with E-state index in [1.165, 1.54) is 0 Å². The van der Waals surface area contributed by atoms with Crippen LogP contribution in [0.1, 0.15) is 26.2 Å². The highest BCUT2D eigenvalue weighted by Gasteiger charge is 2.21. The Balaban J connectivity index is 2.75. The molecule has 0 heterocycles. The number of aldehydes is 1. The van der Waals surface area contributed by atoms with Gasteiger partial charge >= 0.3 is 0 Å². The second-order valence-corrected chi connectivity index (χ2v) is 3.05. The van der Waals surface area contributed by atoms with Crippen LogP contribution >= 0.6 is 0 Å². The van der Waals surface area contributed by atoms with Gasteiger partial charge in [-0.3, -0.25) is 4.79 Å². The summed E-state index contributed by atoms with van der Waals surface area (Å²) in [5, 5.41) is 9.44. The zero-order valence-corrected chi connectivity index (χ0v) is 6.13. The Bertz CT molecular complexity index is 168. The van der Waals surface area contributed by atoms with Crippen molar-refractivity contribution < 1.29 is 9.90 Å². The van der Waals surface area contributed by atoms with Crippen LogP contribution in [-0.2, 0) is 4.79 Å². The SMILES string of the molecule is CC1(O)C=C(C=O)CCC1. The minimum absolute atomic E-state index is 0.733. The average Bonchev–Trinajstić information content (AvgIpc) is 1.86. The lowest BCUT2D eigenvalue weighted by atomic mass is 9.89. The summed E-state index contributed by atoms with van der Waals surface area (Å²) in [6.07, 6.45) is 4.98. The van der Waals surface area contributed by atoms with Crippen LogP contribution in [0.4, 0.5) is 0 Å². The molecule has 1 N–H and O–H groups in total. The Morgan fingerprint density at radius 1 is 1.80 bits per heavy atom. The first-order chi connectivity index (χ1) is 4.64. The van der Waals surface area contributed by atoms with Crippen LogP contribution < -0.4 is 0 Å². The molecule has 1 aliphatic carbocycles. The third kappa shape index (κ3) is 1.67. The standard InChI is InChI=1S/C8H12O2/c1-8(10)4-2-3-7(5-8)6-9/h5-6,10H,2-4H2,1H3. The maximum atomic E-state index is 10.3. The van der Waals surface area contributed by atoms with Gasteiger partial charge in [0, 0.05) is 0 Å². The molecule has 0 aromatic heterocycles. The van der Waals surface area contributed by atoms with E-state index in [2.05, 4.69) is 0 Å². The van der Waals surface area contributed by atoms with Gasteiger partial charge in [-0.2, -0.15) is 0 Å². The molecule has 0 aromatic rings. The van der Waals surface area contributed by atoms with Crippen molar-refractivity contribution in [3.8, 4) is 0 Å². The molecule has 1 atom stereocenters. The molecule has 56 valence electrons. The lowest BCUT2D eigenvalue weighted by Gasteiger charge is -2.23. The first kappa shape index (κ1) is 7.48. The predicted molar refractivity (Wildman–Crippen MR) is 38.6 cm³/mol. The molecular weight excluding hydrogens is 128 g/mol. The van der Waals surface area contributed by atoms with E-state index < -0.39 is 5.60 Å². The average molecular weight is 140 g/mol. The largest absolute Gasteiger partial charge is 0.386 e. The van der Waals surface area contributed by atoms with Crippen molar-refractivity contribution in [2.24, 2.45) is 0 Å². The van der Waals surface area contributed by atoms with E-state index in [-0.39, 0.29) is 0 Å². The molecule has 1 rings (SSSR count). The van der Waals surface area contributed by atoms with Crippen molar-refractivity contribution in [3.05, 3.63) is 11.6 Å². The number of allylic oxidation sites excluding steroid dienone is 1. The molecule has 0 radical (unpaired) electrons. The molecule has 0 aromatic carbocycles. The van der Waals surface area contributed by atoms with Gasteiger partial charge in [0.15, 0.2) is 0 Å². The molecule has 1 aliphatic rings. The van der Waals surface area contributed by atoms with Gasteiger partial charge in [-0.25, -0.2) is 0 Å². The third-order valence-electron chi connectivity index (χ3n) is 1.80. The fraction of sp³-hybridized carbons (Fsp3) is 0.625. The highest BCUT2D eigenvalue weighted by Crippen LogP contribution is 2.24. The molecule has 1 unspecified atom stereocenters. The van der Waals surface area contributed by atoms with E-state index in [4.69, 9.17) is 0 Å². The zero-order chi connectivity index (χ0) is 7.61. The molecule has 0 fully saturated rings. The van der Waals surface area contributed by atoms with Crippen LogP contribution in [0.2, 0.25) is 0 Å². The molecule has 0 saturated carbocycles. The predicted octanol–water partition coefficient (Wildman–Crippen LogP) is 1.05. The Labute approximate surface area is 60.6 Å². The van der Waals surface area contributed by atoms with Crippen LogP contribution in [0.5, 0.6) is 0 Å². The van der Waals surface area contributed by atoms with E-state index in [0.29, 0.717) is 0 Å². The van der Waals surface area contributed by atoms with Crippen molar-refractivity contribution in [2.75, 3.05) is 0 Å². The molecule has 0 spiro atoms. The normalized spacial score (nSPS) is 33.2. The van der Waals surface area contributed by atoms with Gasteiger partial charge in [0.25, 0.3) is 0 Å². The minimum atomic E-state index is -0.742. The Morgan fingerprint density at radius 3 is 2.90 bits per heavy atom. The monoisotopic (exact) mass is 140 g/mol. The van der Waals surface area contributed by atoms with Crippen molar-refractivity contribution in [3.63, 3.8) is 0 Å². The summed E-state index contributed by atoms with van der Waals surface area (Å²) in [7, 11) is 0. The van der Waals surface area contributed by atoms with E-state index >= 15 is 0 Å². The van der Waals surface area contributed by atoms with Crippen LogP contribution in [-0.4, -0.2) is 17.0 Å². The number of aliphatic hydroxyl groups is 1. The molecule has 2 nitrogen and oxygen atoms in total. The number of rotatable bonds is 1. The first-order valence-electron chi connectivity index (χ1n) is 3.53.